The van der Waals surface area contributed by atoms with E-state index >= 15 is 0 Å². The molecule has 10 heteroatoms. The van der Waals surface area contributed by atoms with Crippen LogP contribution < -0.4 is 15.4 Å². The van der Waals surface area contributed by atoms with E-state index in [2.05, 4.69) is 20.6 Å². The Hall–Kier alpha value is -2.95. The zero-order valence-electron chi connectivity index (χ0n) is 19.6. The second-order valence-electron chi connectivity index (χ2n) is 9.39. The van der Waals surface area contributed by atoms with Gasteiger partial charge in [-0.1, -0.05) is 0 Å². The van der Waals surface area contributed by atoms with Crippen LogP contribution in [0.5, 0.6) is 5.88 Å². The Labute approximate surface area is 197 Å². The second kappa shape index (κ2) is 9.01. The molecule has 0 unspecified atom stereocenters. The van der Waals surface area contributed by atoms with Gasteiger partial charge in [-0.15, -0.1) is 0 Å². The number of aliphatic hydroxyl groups excluding tert-OH is 3. The summed E-state index contributed by atoms with van der Waals surface area (Å²) in [5.41, 5.74) is 2.69. The van der Waals surface area contributed by atoms with Gasteiger partial charge in [0.2, 0.25) is 5.95 Å². The Kier molecular flexibility index (Phi) is 6.05. The van der Waals surface area contributed by atoms with E-state index in [1.54, 1.807) is 7.11 Å². The Morgan fingerprint density at radius 3 is 2.59 bits per heavy atom. The van der Waals surface area contributed by atoms with Crippen molar-refractivity contribution in [3.05, 3.63) is 23.5 Å². The highest BCUT2D eigenvalue weighted by molar-refractivity contribution is 5.89. The number of hydrogen-bond donors (Lipinski definition) is 5. The SMILES string of the molecule is COc1nc(C)cc2cc(-c3c(C)nc(NCC4CC4)nc3N[C@@H]3C[C@H](CO)[C@@H](O)[C@H]3O)oc12. The molecule has 0 amide bonds. The molecule has 0 aromatic carbocycles. The fourth-order valence-corrected chi connectivity index (χ4v) is 4.64. The van der Waals surface area contributed by atoms with E-state index in [9.17, 15) is 15.3 Å². The lowest BCUT2D eigenvalue weighted by atomic mass is 10.1. The summed E-state index contributed by atoms with van der Waals surface area (Å²) in [6.07, 6.45) is 0.774. The summed E-state index contributed by atoms with van der Waals surface area (Å²) < 4.78 is 11.6. The molecule has 3 aromatic heterocycles. The van der Waals surface area contributed by atoms with Crippen molar-refractivity contribution < 1.29 is 24.5 Å². The lowest BCUT2D eigenvalue weighted by Gasteiger charge is -2.21. The molecule has 5 rings (SSSR count). The number of anilines is 2. The van der Waals surface area contributed by atoms with Crippen LogP contribution in [0.2, 0.25) is 0 Å². The molecule has 34 heavy (non-hydrogen) atoms. The van der Waals surface area contributed by atoms with Crippen LogP contribution in [0.25, 0.3) is 22.3 Å². The van der Waals surface area contributed by atoms with Crippen molar-refractivity contribution in [3.8, 4) is 17.2 Å². The first-order chi connectivity index (χ1) is 16.4. The molecule has 0 saturated heterocycles. The third-order valence-electron chi connectivity index (χ3n) is 6.73. The Morgan fingerprint density at radius 2 is 1.91 bits per heavy atom. The molecule has 2 fully saturated rings. The van der Waals surface area contributed by atoms with Gasteiger partial charge in [0.25, 0.3) is 5.88 Å². The zero-order valence-corrected chi connectivity index (χ0v) is 19.6. The highest BCUT2D eigenvalue weighted by Gasteiger charge is 2.41. The Bertz CT molecular complexity index is 1190. The van der Waals surface area contributed by atoms with Crippen molar-refractivity contribution in [3.63, 3.8) is 0 Å². The number of nitrogens with one attached hydrogen (secondary N) is 2. The number of aryl methyl sites for hydroxylation is 2. The van der Waals surface area contributed by atoms with E-state index in [0.29, 0.717) is 52.6 Å². The summed E-state index contributed by atoms with van der Waals surface area (Å²) in [7, 11) is 1.55. The molecule has 182 valence electrons. The first-order valence-corrected chi connectivity index (χ1v) is 11.7. The molecule has 2 aliphatic carbocycles. The molecule has 2 saturated carbocycles. The molecule has 2 aliphatic rings. The third-order valence-corrected chi connectivity index (χ3v) is 6.73. The van der Waals surface area contributed by atoms with Crippen LogP contribution in [0.1, 0.15) is 30.7 Å². The van der Waals surface area contributed by atoms with E-state index in [0.717, 1.165) is 17.6 Å². The highest BCUT2D eigenvalue weighted by atomic mass is 16.5. The molecule has 0 aliphatic heterocycles. The number of furan rings is 1. The van der Waals surface area contributed by atoms with Gasteiger partial charge in [0.1, 0.15) is 17.7 Å². The van der Waals surface area contributed by atoms with Crippen LogP contribution in [-0.2, 0) is 0 Å². The predicted octanol–water partition coefficient (Wildman–Crippen LogP) is 2.25. The van der Waals surface area contributed by atoms with E-state index in [1.807, 2.05) is 26.0 Å². The van der Waals surface area contributed by atoms with E-state index < -0.39 is 24.2 Å². The van der Waals surface area contributed by atoms with E-state index in [-0.39, 0.29) is 6.61 Å². The minimum atomic E-state index is -1.04. The molecule has 3 heterocycles. The smallest absolute Gasteiger partial charge is 0.258 e. The fourth-order valence-electron chi connectivity index (χ4n) is 4.64. The monoisotopic (exact) mass is 469 g/mol. The van der Waals surface area contributed by atoms with Gasteiger partial charge in [-0.25, -0.2) is 9.97 Å². The minimum absolute atomic E-state index is 0.198. The summed E-state index contributed by atoms with van der Waals surface area (Å²) in [6, 6.07) is 3.33. The van der Waals surface area contributed by atoms with Crippen molar-refractivity contribution in [1.29, 1.82) is 0 Å². The molecular formula is C24H31N5O5. The maximum atomic E-state index is 10.6. The zero-order chi connectivity index (χ0) is 24.0. The van der Waals surface area contributed by atoms with Gasteiger partial charge in [-0.05, 0) is 51.2 Å². The van der Waals surface area contributed by atoms with E-state index in [1.165, 1.54) is 12.8 Å². The van der Waals surface area contributed by atoms with Crippen LogP contribution in [0.3, 0.4) is 0 Å². The molecule has 0 spiro atoms. The fraction of sp³-hybridized carbons (Fsp3) is 0.542. The van der Waals surface area contributed by atoms with Crippen LogP contribution in [0, 0.1) is 25.7 Å². The summed E-state index contributed by atoms with van der Waals surface area (Å²) in [5, 5.41) is 37.9. The maximum absolute atomic E-state index is 10.6. The summed E-state index contributed by atoms with van der Waals surface area (Å²) in [4.78, 5) is 13.8. The average Bonchev–Trinajstić information content (AvgIpc) is 3.49. The highest BCUT2D eigenvalue weighted by Crippen LogP contribution is 2.39. The number of ether oxygens (including phenoxy) is 1. The molecule has 10 nitrogen and oxygen atoms in total. The molecule has 0 radical (unpaired) electrons. The van der Waals surface area contributed by atoms with Crippen molar-refractivity contribution in [1.82, 2.24) is 15.0 Å². The number of aliphatic hydroxyl groups is 3. The Morgan fingerprint density at radius 1 is 1.12 bits per heavy atom. The number of pyridine rings is 1. The summed E-state index contributed by atoms with van der Waals surface area (Å²) in [5.74, 6) is 2.17. The van der Waals surface area contributed by atoms with Gasteiger partial charge < -0.3 is 35.1 Å². The normalized spacial score (nSPS) is 24.5. The van der Waals surface area contributed by atoms with Crippen molar-refractivity contribution >= 4 is 22.7 Å². The number of hydrogen-bond acceptors (Lipinski definition) is 10. The topological polar surface area (TPSA) is 146 Å². The first-order valence-electron chi connectivity index (χ1n) is 11.7. The van der Waals surface area contributed by atoms with Crippen LogP contribution >= 0.6 is 0 Å². The van der Waals surface area contributed by atoms with Gasteiger partial charge in [-0.3, -0.25) is 0 Å². The Balaban J connectivity index is 1.56. The largest absolute Gasteiger partial charge is 0.478 e. The van der Waals surface area contributed by atoms with Gasteiger partial charge in [-0.2, -0.15) is 4.98 Å². The molecular weight excluding hydrogens is 438 g/mol. The number of nitrogens with zero attached hydrogens (tertiary/aromatic N) is 3. The van der Waals surface area contributed by atoms with Gasteiger partial charge >= 0.3 is 0 Å². The van der Waals surface area contributed by atoms with Crippen molar-refractivity contribution in [2.75, 3.05) is 30.9 Å². The summed E-state index contributed by atoms with van der Waals surface area (Å²) >= 11 is 0. The third kappa shape index (κ3) is 4.28. The standard InChI is InChI=1S/C24H31N5O5/c1-11-6-14-8-17(34-21(14)23(26-11)33-3)18-12(2)27-24(25-9-13-4-5-13)29-22(18)28-16-7-15(10-30)19(31)20(16)32/h6,8,13,15-16,19-20,30-32H,4-5,7,9-10H2,1-3H3,(H2,25,27,28,29)/t15-,16-,19-,20+/m1/s1. The molecule has 4 atom stereocenters. The number of fused-ring (bicyclic) bond motifs is 1. The van der Waals surface area contributed by atoms with Gasteiger partial charge in [0.15, 0.2) is 5.58 Å². The molecule has 0 bridgehead atoms. The molecule has 5 N–H and O–H groups in total. The predicted molar refractivity (Wildman–Crippen MR) is 127 cm³/mol. The van der Waals surface area contributed by atoms with Crippen molar-refractivity contribution in [2.24, 2.45) is 11.8 Å². The van der Waals surface area contributed by atoms with Crippen LogP contribution in [0.4, 0.5) is 11.8 Å². The number of methoxy groups -OCH3 is 1. The van der Waals surface area contributed by atoms with Crippen LogP contribution in [-0.4, -0.2) is 68.8 Å². The van der Waals surface area contributed by atoms with E-state index in [4.69, 9.17) is 14.1 Å². The molecule has 3 aromatic rings. The number of rotatable bonds is 8. The maximum Gasteiger partial charge on any atom is 0.258 e. The van der Waals surface area contributed by atoms with Crippen LogP contribution in [0.15, 0.2) is 16.5 Å². The quantitative estimate of drug-likeness (QED) is 0.333. The first kappa shape index (κ1) is 22.8. The average molecular weight is 470 g/mol. The van der Waals surface area contributed by atoms with Gasteiger partial charge in [0, 0.05) is 30.1 Å². The number of aromatic nitrogens is 3. The van der Waals surface area contributed by atoms with Crippen molar-refractivity contribution in [2.45, 2.75) is 51.4 Å². The minimum Gasteiger partial charge on any atom is -0.478 e. The lowest BCUT2D eigenvalue weighted by molar-refractivity contribution is 0.00446. The second-order valence-corrected chi connectivity index (χ2v) is 9.39. The lowest BCUT2D eigenvalue weighted by Crippen LogP contribution is -2.35. The van der Waals surface area contributed by atoms with Gasteiger partial charge in [0.05, 0.1) is 30.5 Å². The summed E-state index contributed by atoms with van der Waals surface area (Å²) in [6.45, 7) is 4.38.